The van der Waals surface area contributed by atoms with Crippen LogP contribution in [-0.4, -0.2) is 75.8 Å². The number of carbonyl (C=O) groups is 2. The molecule has 0 aromatic heterocycles. The molecule has 0 heterocycles. The van der Waals surface area contributed by atoms with Crippen LogP contribution in [0.15, 0.2) is 25.3 Å². The van der Waals surface area contributed by atoms with Crippen LogP contribution in [0.4, 0.5) is 0 Å². The van der Waals surface area contributed by atoms with Crippen molar-refractivity contribution in [1.29, 1.82) is 0 Å². The quantitative estimate of drug-likeness (QED) is 0.282. The van der Waals surface area contributed by atoms with Gasteiger partial charge >= 0.3 is 5.97 Å². The predicted octanol–water partition coefficient (Wildman–Crippen LogP) is 3.59. The van der Waals surface area contributed by atoms with E-state index in [2.05, 4.69) is 22.7 Å². The molecule has 0 aromatic carbocycles. The molecule has 1 amide bonds. The Bertz CT molecular complexity index is 451. The summed E-state index contributed by atoms with van der Waals surface area (Å²) >= 11 is 0. The Morgan fingerprint density at radius 1 is 1.00 bits per heavy atom. The molecule has 0 spiro atoms. The van der Waals surface area contributed by atoms with E-state index in [1.807, 2.05) is 41.5 Å². The maximum absolute atomic E-state index is 11.1. The number of esters is 1. The van der Waals surface area contributed by atoms with Gasteiger partial charge in [-0.25, -0.2) is 9.86 Å². The summed E-state index contributed by atoms with van der Waals surface area (Å²) in [6, 6.07) is 0. The van der Waals surface area contributed by atoms with Crippen LogP contribution in [0.1, 0.15) is 41.5 Å². The minimum absolute atomic E-state index is 0. The number of amides is 1. The molecule has 0 saturated heterocycles. The van der Waals surface area contributed by atoms with E-state index in [-0.39, 0.29) is 49.7 Å². The maximum atomic E-state index is 11.1. The Morgan fingerprint density at radius 2 is 1.40 bits per heavy atom. The molecule has 9 heteroatoms. The summed E-state index contributed by atoms with van der Waals surface area (Å²) < 4.78 is 19.8. The standard InChI is InChI=1S/C10H18O3.C8H15NO3.C3H8O.ClH/c1-6-8(2)12-7-9(11)13-10(3,4)5;1-5-7(2)12-6-8(10)9(3)11-4;1-3-4-2;/h6,8H,1,7H2,2-5H3;5,7H,1,6H2,2-4H3;3H2,1-2H3;1H. The first-order valence-electron chi connectivity index (χ1n) is 9.38. The molecule has 0 aromatic rings. The largest absolute Gasteiger partial charge is 0.458 e. The fraction of sp³-hybridized carbons (Fsp3) is 0.714. The zero-order chi connectivity index (χ0) is 23.5. The molecule has 30 heavy (non-hydrogen) atoms. The Labute approximate surface area is 188 Å². The van der Waals surface area contributed by atoms with Crippen LogP contribution in [0, 0.1) is 0 Å². The van der Waals surface area contributed by atoms with Gasteiger partial charge in [0.2, 0.25) is 0 Å². The molecule has 0 aliphatic rings. The van der Waals surface area contributed by atoms with Crippen LogP contribution in [-0.2, 0) is 33.4 Å². The van der Waals surface area contributed by atoms with Gasteiger partial charge in [0, 0.05) is 20.8 Å². The zero-order valence-electron chi connectivity index (χ0n) is 20.1. The van der Waals surface area contributed by atoms with E-state index in [0.29, 0.717) is 0 Å². The number of carbonyl (C=O) groups excluding carboxylic acids is 2. The van der Waals surface area contributed by atoms with Crippen molar-refractivity contribution in [2.45, 2.75) is 59.4 Å². The van der Waals surface area contributed by atoms with Crippen LogP contribution in [0.25, 0.3) is 0 Å². The van der Waals surface area contributed by atoms with Gasteiger partial charge in [0.15, 0.2) is 0 Å². The molecule has 0 radical (unpaired) electrons. The van der Waals surface area contributed by atoms with E-state index in [1.165, 1.54) is 14.2 Å². The van der Waals surface area contributed by atoms with Crippen molar-refractivity contribution in [3.8, 4) is 0 Å². The van der Waals surface area contributed by atoms with Crippen molar-refractivity contribution in [2.24, 2.45) is 0 Å². The monoisotopic (exact) mass is 455 g/mol. The van der Waals surface area contributed by atoms with Gasteiger partial charge in [-0.2, -0.15) is 0 Å². The molecule has 0 bridgehead atoms. The average Bonchev–Trinajstić information content (AvgIpc) is 2.68. The molecule has 2 unspecified atom stereocenters. The average molecular weight is 456 g/mol. The highest BCUT2D eigenvalue weighted by molar-refractivity contribution is 5.85. The molecule has 0 aliphatic heterocycles. The maximum Gasteiger partial charge on any atom is 0.332 e. The van der Waals surface area contributed by atoms with Crippen molar-refractivity contribution in [1.82, 2.24) is 5.06 Å². The third-order valence-electron chi connectivity index (χ3n) is 2.93. The lowest BCUT2D eigenvalue weighted by Crippen LogP contribution is -2.30. The Morgan fingerprint density at radius 3 is 1.70 bits per heavy atom. The summed E-state index contributed by atoms with van der Waals surface area (Å²) in [7, 11) is 4.64. The second-order valence-electron chi connectivity index (χ2n) is 6.74. The number of rotatable bonds is 10. The number of hydrogen-bond acceptors (Lipinski definition) is 7. The summed E-state index contributed by atoms with van der Waals surface area (Å²) in [4.78, 5) is 26.8. The van der Waals surface area contributed by atoms with Crippen molar-refractivity contribution < 1.29 is 33.4 Å². The van der Waals surface area contributed by atoms with E-state index in [1.54, 1.807) is 19.3 Å². The minimum Gasteiger partial charge on any atom is -0.458 e. The number of hydrogen-bond donors (Lipinski definition) is 0. The topological polar surface area (TPSA) is 83.5 Å². The van der Waals surface area contributed by atoms with Gasteiger partial charge in [-0.15, -0.1) is 25.6 Å². The number of nitrogens with zero attached hydrogens (tertiary/aromatic N) is 1. The molecule has 0 rings (SSSR count). The first-order valence-corrected chi connectivity index (χ1v) is 9.38. The van der Waals surface area contributed by atoms with E-state index >= 15 is 0 Å². The summed E-state index contributed by atoms with van der Waals surface area (Å²) in [5, 5.41) is 1.12. The van der Waals surface area contributed by atoms with Crippen molar-refractivity contribution >= 4 is 24.3 Å². The predicted molar refractivity (Wildman–Crippen MR) is 122 cm³/mol. The summed E-state index contributed by atoms with van der Waals surface area (Å²) in [6.07, 6.45) is 3.02. The summed E-state index contributed by atoms with van der Waals surface area (Å²) in [5.41, 5.74) is -0.447. The van der Waals surface area contributed by atoms with Crippen molar-refractivity contribution in [3.05, 3.63) is 25.3 Å². The van der Waals surface area contributed by atoms with Crippen LogP contribution in [0.5, 0.6) is 0 Å². The fourth-order valence-electron chi connectivity index (χ4n) is 1.10. The lowest BCUT2D eigenvalue weighted by Gasteiger charge is -2.19. The molecule has 0 saturated carbocycles. The van der Waals surface area contributed by atoms with Gasteiger partial charge in [-0.05, 0) is 41.5 Å². The third kappa shape index (κ3) is 28.8. The number of likely N-dealkylation sites (N-methyl/N-ethyl adjacent to an activating group) is 1. The summed E-state index contributed by atoms with van der Waals surface area (Å²) in [5.74, 6) is -0.563. The van der Waals surface area contributed by atoms with Gasteiger partial charge in [-0.3, -0.25) is 9.63 Å². The number of halogens is 1. The fourth-order valence-corrected chi connectivity index (χ4v) is 1.10. The number of methoxy groups -OCH3 is 1. The van der Waals surface area contributed by atoms with E-state index in [9.17, 15) is 9.59 Å². The molecular weight excluding hydrogens is 414 g/mol. The Kier molecular flexibility index (Phi) is 26.7. The second kappa shape index (κ2) is 22.2. The minimum atomic E-state index is -0.447. The highest BCUT2D eigenvalue weighted by Gasteiger charge is 2.16. The third-order valence-corrected chi connectivity index (χ3v) is 2.93. The van der Waals surface area contributed by atoms with Gasteiger partial charge in [0.25, 0.3) is 5.91 Å². The van der Waals surface area contributed by atoms with E-state index in [0.717, 1.165) is 11.7 Å². The van der Waals surface area contributed by atoms with Crippen LogP contribution < -0.4 is 0 Å². The SMILES string of the molecule is C=CC(C)OCC(=O)N(C)OC.C=CC(C)OCC(=O)OC(C)(C)C.CCOC.Cl. The molecule has 2 atom stereocenters. The van der Waals surface area contributed by atoms with Gasteiger partial charge in [-0.1, -0.05) is 12.2 Å². The normalized spacial score (nSPS) is 11.8. The molecule has 0 N–H and O–H groups in total. The highest BCUT2D eigenvalue weighted by atomic mass is 35.5. The van der Waals surface area contributed by atoms with Gasteiger partial charge in [0.05, 0.1) is 19.3 Å². The Hall–Kier alpha value is -1.45. The number of ether oxygens (including phenoxy) is 4. The zero-order valence-corrected chi connectivity index (χ0v) is 20.9. The first kappa shape index (κ1) is 36.0. The van der Waals surface area contributed by atoms with Gasteiger partial charge < -0.3 is 18.9 Å². The molecule has 8 nitrogen and oxygen atoms in total. The Balaban J connectivity index is -0.000000186. The smallest absolute Gasteiger partial charge is 0.332 e. The second-order valence-corrected chi connectivity index (χ2v) is 6.74. The number of hydroxylamine groups is 2. The summed E-state index contributed by atoms with van der Waals surface area (Å²) in [6.45, 7) is 18.9. The lowest BCUT2D eigenvalue weighted by molar-refractivity contribution is -0.174. The lowest BCUT2D eigenvalue weighted by atomic mass is 10.2. The van der Waals surface area contributed by atoms with E-state index in [4.69, 9.17) is 14.2 Å². The van der Waals surface area contributed by atoms with Crippen LogP contribution in [0.2, 0.25) is 0 Å². The van der Waals surface area contributed by atoms with Gasteiger partial charge in [0.1, 0.15) is 18.8 Å². The van der Waals surface area contributed by atoms with Crippen molar-refractivity contribution in [3.63, 3.8) is 0 Å². The van der Waals surface area contributed by atoms with Crippen LogP contribution >= 0.6 is 12.4 Å². The molecular formula is C21H42ClNO7. The van der Waals surface area contributed by atoms with E-state index < -0.39 is 5.60 Å². The molecule has 0 aliphatic carbocycles. The van der Waals surface area contributed by atoms with Crippen LogP contribution in [0.3, 0.4) is 0 Å². The first-order chi connectivity index (χ1) is 13.4. The molecule has 180 valence electrons. The molecule has 0 fully saturated rings. The van der Waals surface area contributed by atoms with Crippen molar-refractivity contribution in [2.75, 3.05) is 41.1 Å². The highest BCUT2D eigenvalue weighted by Crippen LogP contribution is 2.07.